The number of carbonyl (C=O) groups excluding carboxylic acids is 2. The van der Waals surface area contributed by atoms with Crippen LogP contribution < -0.4 is 16.0 Å². The highest BCUT2D eigenvalue weighted by Gasteiger charge is 2.25. The zero-order valence-electron chi connectivity index (χ0n) is 18.2. The number of benzene rings is 2. The molecule has 3 N–H and O–H groups in total. The van der Waals surface area contributed by atoms with Crippen LogP contribution in [0.25, 0.3) is 17.0 Å². The van der Waals surface area contributed by atoms with Crippen LogP contribution in [0.1, 0.15) is 18.4 Å². The molecule has 9 heteroatoms. The molecule has 172 valence electrons. The Balaban J connectivity index is 1.33. The number of piperidine rings is 1. The maximum Gasteiger partial charge on any atom is 0.264 e. The van der Waals surface area contributed by atoms with Crippen LogP contribution in [0.2, 0.25) is 5.02 Å². The number of pyridine rings is 1. The Hall–Kier alpha value is -3.20. The fourth-order valence-electron chi connectivity index (χ4n) is 3.93. The van der Waals surface area contributed by atoms with Gasteiger partial charge in [0.05, 0.1) is 21.1 Å². The standard InChI is InChI=1S/C25H22ClN5O2S/c26-19-5-4-18(29-23(32)16-7-10-27-11-8-16)14-21(19)30-25-31-24(33)22(34-25)13-15-3-6-20-17(12-15)2-1-9-28-20/h1-6,9,12-14,16,27H,7-8,10-11H2,(H,29,32)(H,30,31,33)/b22-13+. The molecule has 0 aliphatic carbocycles. The van der Waals surface area contributed by atoms with Crippen molar-refractivity contribution in [3.8, 4) is 0 Å². The number of amides is 2. The molecule has 0 radical (unpaired) electrons. The van der Waals surface area contributed by atoms with Crippen molar-refractivity contribution in [1.82, 2.24) is 15.6 Å². The predicted molar refractivity (Wildman–Crippen MR) is 138 cm³/mol. The van der Waals surface area contributed by atoms with Gasteiger partial charge in [0.25, 0.3) is 5.91 Å². The van der Waals surface area contributed by atoms with Gasteiger partial charge in [-0.25, -0.2) is 4.99 Å². The minimum Gasteiger partial charge on any atom is -0.326 e. The first-order valence-corrected chi connectivity index (χ1v) is 12.2. The molecule has 5 rings (SSSR count). The van der Waals surface area contributed by atoms with E-state index >= 15 is 0 Å². The fraction of sp³-hybridized carbons (Fsp3) is 0.200. The maximum absolute atomic E-state index is 12.6. The summed E-state index contributed by atoms with van der Waals surface area (Å²) in [6, 6.07) is 14.9. The molecule has 0 atom stereocenters. The van der Waals surface area contributed by atoms with Gasteiger partial charge in [-0.1, -0.05) is 23.7 Å². The highest BCUT2D eigenvalue weighted by molar-refractivity contribution is 8.18. The number of anilines is 1. The van der Waals surface area contributed by atoms with Crippen LogP contribution in [0.5, 0.6) is 0 Å². The first-order chi connectivity index (χ1) is 16.5. The van der Waals surface area contributed by atoms with Gasteiger partial charge in [0, 0.05) is 23.2 Å². The van der Waals surface area contributed by atoms with E-state index in [4.69, 9.17) is 11.6 Å². The van der Waals surface area contributed by atoms with Crippen molar-refractivity contribution in [1.29, 1.82) is 0 Å². The normalized spacial score (nSPS) is 19.0. The Labute approximate surface area is 206 Å². The van der Waals surface area contributed by atoms with Crippen molar-refractivity contribution in [3.05, 3.63) is 70.2 Å². The van der Waals surface area contributed by atoms with Crippen molar-refractivity contribution in [3.63, 3.8) is 0 Å². The van der Waals surface area contributed by atoms with Crippen LogP contribution in [0.15, 0.2) is 64.6 Å². The first kappa shape index (κ1) is 22.6. The lowest BCUT2D eigenvalue weighted by Crippen LogP contribution is -2.34. The van der Waals surface area contributed by atoms with Crippen molar-refractivity contribution >= 4 is 68.7 Å². The van der Waals surface area contributed by atoms with E-state index in [1.807, 2.05) is 36.4 Å². The second-order valence-electron chi connectivity index (χ2n) is 8.12. The zero-order chi connectivity index (χ0) is 23.5. The molecule has 2 fully saturated rings. The van der Waals surface area contributed by atoms with Crippen LogP contribution >= 0.6 is 23.4 Å². The molecule has 0 unspecified atom stereocenters. The van der Waals surface area contributed by atoms with Gasteiger partial charge >= 0.3 is 0 Å². The average molecular weight is 492 g/mol. The molecule has 3 aromatic rings. The third-order valence-electron chi connectivity index (χ3n) is 5.72. The molecule has 2 amide bonds. The van der Waals surface area contributed by atoms with Crippen LogP contribution in [0.3, 0.4) is 0 Å². The molecular formula is C25H22ClN5O2S. The number of fused-ring (bicyclic) bond motifs is 1. The largest absolute Gasteiger partial charge is 0.326 e. The van der Waals surface area contributed by atoms with E-state index in [0.717, 1.165) is 42.4 Å². The van der Waals surface area contributed by atoms with E-state index in [2.05, 4.69) is 25.9 Å². The van der Waals surface area contributed by atoms with Crippen molar-refractivity contribution in [2.24, 2.45) is 10.9 Å². The fourth-order valence-corrected chi connectivity index (χ4v) is 4.92. The summed E-state index contributed by atoms with van der Waals surface area (Å²) in [4.78, 5) is 34.5. The quantitative estimate of drug-likeness (QED) is 0.459. The van der Waals surface area contributed by atoms with Gasteiger partial charge < -0.3 is 16.0 Å². The van der Waals surface area contributed by atoms with Crippen LogP contribution in [-0.4, -0.2) is 35.1 Å². The minimum absolute atomic E-state index is 0.00164. The van der Waals surface area contributed by atoms with Crippen LogP contribution in [-0.2, 0) is 9.59 Å². The molecule has 2 saturated heterocycles. The van der Waals surface area contributed by atoms with E-state index < -0.39 is 0 Å². The van der Waals surface area contributed by atoms with Gasteiger partial charge in [0.1, 0.15) is 0 Å². The Morgan fingerprint density at radius 3 is 2.88 bits per heavy atom. The van der Waals surface area contributed by atoms with E-state index in [0.29, 0.717) is 26.5 Å². The molecule has 1 aromatic heterocycles. The second-order valence-corrected chi connectivity index (χ2v) is 9.55. The lowest BCUT2D eigenvalue weighted by Gasteiger charge is -2.21. The lowest BCUT2D eigenvalue weighted by molar-refractivity contribution is -0.120. The van der Waals surface area contributed by atoms with Crippen LogP contribution in [0.4, 0.5) is 11.4 Å². The number of hydrogen-bond donors (Lipinski definition) is 3. The number of rotatable bonds is 4. The number of amidine groups is 1. The number of thioether (sulfide) groups is 1. The van der Waals surface area contributed by atoms with Gasteiger partial charge in [-0.3, -0.25) is 14.6 Å². The monoisotopic (exact) mass is 491 g/mol. The average Bonchev–Trinajstić information content (AvgIpc) is 3.20. The molecule has 3 heterocycles. The van der Waals surface area contributed by atoms with Gasteiger partial charge in [-0.15, -0.1) is 0 Å². The van der Waals surface area contributed by atoms with Crippen molar-refractivity contribution in [2.45, 2.75) is 12.8 Å². The Morgan fingerprint density at radius 2 is 2.03 bits per heavy atom. The van der Waals surface area contributed by atoms with E-state index in [9.17, 15) is 9.59 Å². The lowest BCUT2D eigenvalue weighted by atomic mass is 9.97. The molecule has 0 bridgehead atoms. The molecule has 0 spiro atoms. The van der Waals surface area contributed by atoms with Gasteiger partial charge in [0.2, 0.25) is 5.91 Å². The third-order valence-corrected chi connectivity index (χ3v) is 6.95. The molecule has 7 nitrogen and oxygen atoms in total. The minimum atomic E-state index is -0.221. The second kappa shape index (κ2) is 9.97. The third kappa shape index (κ3) is 5.14. The molecule has 34 heavy (non-hydrogen) atoms. The number of nitrogens with zero attached hydrogens (tertiary/aromatic N) is 2. The summed E-state index contributed by atoms with van der Waals surface area (Å²) >= 11 is 7.59. The van der Waals surface area contributed by atoms with E-state index in [1.54, 1.807) is 24.4 Å². The summed E-state index contributed by atoms with van der Waals surface area (Å²) in [7, 11) is 0. The number of aliphatic imine (C=N–C) groups is 1. The summed E-state index contributed by atoms with van der Waals surface area (Å²) < 4.78 is 0. The Bertz CT molecular complexity index is 1330. The summed E-state index contributed by atoms with van der Waals surface area (Å²) in [5.74, 6) is -0.224. The number of carbonyl (C=O) groups is 2. The predicted octanol–water partition coefficient (Wildman–Crippen LogP) is 4.72. The van der Waals surface area contributed by atoms with Crippen LogP contribution in [0, 0.1) is 5.92 Å². The highest BCUT2D eigenvalue weighted by atomic mass is 35.5. The topological polar surface area (TPSA) is 95.5 Å². The Morgan fingerprint density at radius 1 is 1.18 bits per heavy atom. The number of hydrogen-bond acceptors (Lipinski definition) is 6. The van der Waals surface area contributed by atoms with E-state index in [1.165, 1.54) is 11.8 Å². The number of halogens is 1. The molecule has 2 aliphatic heterocycles. The summed E-state index contributed by atoms with van der Waals surface area (Å²) in [5.41, 5.74) is 2.91. The van der Waals surface area contributed by atoms with E-state index in [-0.39, 0.29) is 17.7 Å². The van der Waals surface area contributed by atoms with Gasteiger partial charge in [-0.05, 0) is 85.7 Å². The summed E-state index contributed by atoms with van der Waals surface area (Å²) in [6.07, 6.45) is 5.22. The molecule has 2 aromatic carbocycles. The zero-order valence-corrected chi connectivity index (χ0v) is 19.7. The number of nitrogens with one attached hydrogen (secondary N) is 3. The SMILES string of the molecule is O=C1NC(=Nc2cc(NC(=O)C3CCNCC3)ccc2Cl)S/C1=C/c1ccc2ncccc2c1. The molecule has 0 saturated carbocycles. The summed E-state index contributed by atoms with van der Waals surface area (Å²) in [5, 5.41) is 10.9. The highest BCUT2D eigenvalue weighted by Crippen LogP contribution is 2.33. The van der Waals surface area contributed by atoms with Gasteiger partial charge in [-0.2, -0.15) is 0 Å². The molecule has 2 aliphatic rings. The number of aromatic nitrogens is 1. The smallest absolute Gasteiger partial charge is 0.264 e. The van der Waals surface area contributed by atoms with Crippen molar-refractivity contribution in [2.75, 3.05) is 18.4 Å². The molecular weight excluding hydrogens is 470 g/mol. The Kier molecular flexibility index (Phi) is 6.62. The first-order valence-electron chi connectivity index (χ1n) is 11.0. The maximum atomic E-state index is 12.6. The van der Waals surface area contributed by atoms with Crippen molar-refractivity contribution < 1.29 is 9.59 Å². The van der Waals surface area contributed by atoms with Gasteiger partial charge in [0.15, 0.2) is 5.17 Å². The summed E-state index contributed by atoms with van der Waals surface area (Å²) in [6.45, 7) is 1.70.